The minimum absolute atomic E-state index is 0.00133. The maximum Gasteiger partial charge on any atom is 0.239 e. The molecule has 96 valence electrons. The Bertz CT molecular complexity index is 573. The Balaban J connectivity index is 2.68. The summed E-state index contributed by atoms with van der Waals surface area (Å²) in [6.45, 7) is 1.74. The van der Waals surface area contributed by atoms with Crippen LogP contribution < -0.4 is 5.32 Å². The summed E-state index contributed by atoms with van der Waals surface area (Å²) in [5.41, 5.74) is 0.829. The van der Waals surface area contributed by atoms with Crippen LogP contribution in [0.1, 0.15) is 18.9 Å². The van der Waals surface area contributed by atoms with E-state index in [1.807, 2.05) is 6.07 Å². The molecule has 1 amide bonds. The molecule has 18 heavy (non-hydrogen) atoms. The zero-order chi connectivity index (χ0) is 13.6. The molecular weight excluding hydrogens is 252 g/mol. The van der Waals surface area contributed by atoms with Gasteiger partial charge in [-0.1, -0.05) is 13.0 Å². The Labute approximate surface area is 106 Å². The quantitative estimate of drug-likeness (QED) is 0.870. The molecule has 1 aromatic carbocycles. The molecule has 5 nitrogen and oxygen atoms in total. The number of nitrogens with zero attached hydrogens (tertiary/aromatic N) is 1. The average Bonchev–Trinajstić information content (AvgIpc) is 2.28. The number of hydrogen-bond donors (Lipinski definition) is 1. The highest BCUT2D eigenvalue weighted by Gasteiger charge is 2.15. The molecule has 0 bridgehead atoms. The van der Waals surface area contributed by atoms with E-state index < -0.39 is 21.5 Å². The highest BCUT2D eigenvalue weighted by atomic mass is 32.2. The molecule has 0 aromatic heterocycles. The largest absolute Gasteiger partial charge is 0.325 e. The molecule has 0 unspecified atom stereocenters. The van der Waals surface area contributed by atoms with Crippen LogP contribution in [0.15, 0.2) is 24.3 Å². The van der Waals surface area contributed by atoms with E-state index in [1.54, 1.807) is 25.1 Å². The summed E-state index contributed by atoms with van der Waals surface area (Å²) in [7, 11) is -3.34. The second-order valence-electron chi connectivity index (χ2n) is 3.83. The number of benzene rings is 1. The van der Waals surface area contributed by atoms with Gasteiger partial charge in [-0.25, -0.2) is 8.42 Å². The summed E-state index contributed by atoms with van der Waals surface area (Å²) in [5, 5.41) is 11.2. The van der Waals surface area contributed by atoms with Crippen LogP contribution >= 0.6 is 0 Å². The number of carbonyl (C=O) groups excluding carboxylic acids is 1. The number of rotatable bonds is 5. The molecule has 1 aromatic rings. The number of hydrogen-bond acceptors (Lipinski definition) is 4. The van der Waals surface area contributed by atoms with Crippen molar-refractivity contribution in [2.45, 2.75) is 13.3 Å². The summed E-state index contributed by atoms with van der Waals surface area (Å²) in [6.07, 6.45) is 0.486. The predicted octanol–water partition coefficient (Wildman–Crippen LogP) is 1.32. The lowest BCUT2D eigenvalue weighted by Crippen LogP contribution is -2.24. The molecule has 0 atom stereocenters. The molecule has 6 heteroatoms. The van der Waals surface area contributed by atoms with Crippen molar-refractivity contribution < 1.29 is 13.2 Å². The molecule has 0 radical (unpaired) electrons. The minimum Gasteiger partial charge on any atom is -0.325 e. The number of carbonyl (C=O) groups is 1. The van der Waals surface area contributed by atoms with Crippen molar-refractivity contribution in [3.05, 3.63) is 29.8 Å². The van der Waals surface area contributed by atoms with E-state index in [0.717, 1.165) is 0 Å². The van der Waals surface area contributed by atoms with E-state index in [2.05, 4.69) is 5.32 Å². The third-order valence-electron chi connectivity index (χ3n) is 2.14. The molecule has 1 rings (SSSR count). The molecule has 0 aliphatic heterocycles. The van der Waals surface area contributed by atoms with Gasteiger partial charge >= 0.3 is 0 Å². The van der Waals surface area contributed by atoms with Crippen molar-refractivity contribution in [2.75, 3.05) is 16.8 Å². The van der Waals surface area contributed by atoms with Gasteiger partial charge < -0.3 is 5.32 Å². The van der Waals surface area contributed by atoms with E-state index in [9.17, 15) is 13.2 Å². The topological polar surface area (TPSA) is 87.0 Å². The molecule has 0 saturated heterocycles. The molecule has 0 spiro atoms. The SMILES string of the molecule is CCCS(=O)(=O)CC(=O)Nc1cccc(C#N)c1. The van der Waals surface area contributed by atoms with Gasteiger partial charge in [-0.15, -0.1) is 0 Å². The van der Waals surface area contributed by atoms with Gasteiger partial charge in [0.15, 0.2) is 9.84 Å². The lowest BCUT2D eigenvalue weighted by atomic mass is 10.2. The van der Waals surface area contributed by atoms with Crippen LogP contribution in [0.3, 0.4) is 0 Å². The van der Waals surface area contributed by atoms with Gasteiger partial charge in [0.1, 0.15) is 5.75 Å². The Morgan fingerprint density at radius 2 is 2.17 bits per heavy atom. The van der Waals surface area contributed by atoms with E-state index >= 15 is 0 Å². The van der Waals surface area contributed by atoms with Crippen molar-refractivity contribution in [3.63, 3.8) is 0 Å². The molecule has 0 fully saturated rings. The van der Waals surface area contributed by atoms with Crippen molar-refractivity contribution in [1.82, 2.24) is 0 Å². The fraction of sp³-hybridized carbons (Fsp3) is 0.333. The van der Waals surface area contributed by atoms with Crippen LogP contribution in [0.25, 0.3) is 0 Å². The first-order valence-electron chi connectivity index (χ1n) is 5.47. The number of amides is 1. The third-order valence-corrected chi connectivity index (χ3v) is 3.87. The maximum absolute atomic E-state index is 11.5. The van der Waals surface area contributed by atoms with E-state index in [1.165, 1.54) is 6.07 Å². The minimum atomic E-state index is -3.34. The van der Waals surface area contributed by atoms with Gasteiger partial charge in [-0.05, 0) is 24.6 Å². The van der Waals surface area contributed by atoms with Crippen LogP contribution in [0.2, 0.25) is 0 Å². The van der Waals surface area contributed by atoms with Crippen LogP contribution in [0.4, 0.5) is 5.69 Å². The number of anilines is 1. The van der Waals surface area contributed by atoms with Gasteiger partial charge in [0.2, 0.25) is 5.91 Å². The molecular formula is C12H14N2O3S. The zero-order valence-corrected chi connectivity index (χ0v) is 10.8. The van der Waals surface area contributed by atoms with Crippen LogP contribution in [0.5, 0.6) is 0 Å². The molecule has 0 aliphatic rings. The lowest BCUT2D eigenvalue weighted by molar-refractivity contribution is -0.113. The molecule has 1 N–H and O–H groups in total. The fourth-order valence-corrected chi connectivity index (χ4v) is 2.68. The average molecular weight is 266 g/mol. The van der Waals surface area contributed by atoms with E-state index in [-0.39, 0.29) is 5.75 Å². The monoisotopic (exact) mass is 266 g/mol. The van der Waals surface area contributed by atoms with E-state index in [0.29, 0.717) is 17.7 Å². The third kappa shape index (κ3) is 4.55. The first-order chi connectivity index (χ1) is 8.46. The van der Waals surface area contributed by atoms with Gasteiger partial charge in [0.05, 0.1) is 17.4 Å². The lowest BCUT2D eigenvalue weighted by Gasteiger charge is -2.05. The zero-order valence-electron chi connectivity index (χ0n) is 10.0. The molecule has 0 heterocycles. The van der Waals surface area contributed by atoms with Gasteiger partial charge in [-0.3, -0.25) is 4.79 Å². The molecule has 0 saturated carbocycles. The van der Waals surface area contributed by atoms with Crippen LogP contribution in [-0.4, -0.2) is 25.8 Å². The summed E-state index contributed by atoms with van der Waals surface area (Å²) in [4.78, 5) is 11.5. The van der Waals surface area contributed by atoms with Crippen molar-refractivity contribution in [2.24, 2.45) is 0 Å². The number of sulfone groups is 1. The van der Waals surface area contributed by atoms with E-state index in [4.69, 9.17) is 5.26 Å². The summed E-state index contributed by atoms with van der Waals surface area (Å²) in [5.74, 6) is -1.12. The summed E-state index contributed by atoms with van der Waals surface area (Å²) in [6, 6.07) is 8.25. The van der Waals surface area contributed by atoms with Gasteiger partial charge in [0, 0.05) is 5.69 Å². The van der Waals surface area contributed by atoms with Crippen molar-refractivity contribution in [1.29, 1.82) is 5.26 Å². The van der Waals surface area contributed by atoms with Crippen LogP contribution in [-0.2, 0) is 14.6 Å². The summed E-state index contributed by atoms with van der Waals surface area (Å²) >= 11 is 0. The Kier molecular flexibility index (Phi) is 4.86. The van der Waals surface area contributed by atoms with Crippen molar-refractivity contribution >= 4 is 21.4 Å². The Morgan fingerprint density at radius 1 is 1.44 bits per heavy atom. The van der Waals surface area contributed by atoms with Crippen LogP contribution in [0, 0.1) is 11.3 Å². The fourth-order valence-electron chi connectivity index (χ4n) is 1.45. The smallest absolute Gasteiger partial charge is 0.239 e. The Morgan fingerprint density at radius 3 is 2.78 bits per heavy atom. The maximum atomic E-state index is 11.5. The highest BCUT2D eigenvalue weighted by Crippen LogP contribution is 2.09. The number of nitriles is 1. The van der Waals surface area contributed by atoms with Gasteiger partial charge in [0.25, 0.3) is 0 Å². The summed E-state index contributed by atoms with van der Waals surface area (Å²) < 4.78 is 22.9. The molecule has 0 aliphatic carbocycles. The number of nitrogens with one attached hydrogen (secondary N) is 1. The predicted molar refractivity (Wildman–Crippen MR) is 68.7 cm³/mol. The second kappa shape index (κ2) is 6.17. The van der Waals surface area contributed by atoms with Crippen molar-refractivity contribution in [3.8, 4) is 6.07 Å². The Hall–Kier alpha value is -1.87. The normalized spacial score (nSPS) is 10.7. The standard InChI is InChI=1S/C12H14N2O3S/c1-2-6-18(16,17)9-12(15)14-11-5-3-4-10(7-11)8-13/h3-5,7H,2,6,9H2,1H3,(H,14,15). The first kappa shape index (κ1) is 14.2. The van der Waals surface area contributed by atoms with Gasteiger partial charge in [-0.2, -0.15) is 5.26 Å². The second-order valence-corrected chi connectivity index (χ2v) is 6.02. The highest BCUT2D eigenvalue weighted by molar-refractivity contribution is 7.92. The first-order valence-corrected chi connectivity index (χ1v) is 7.29.